The number of carbonyl (C=O) groups excluding carboxylic acids is 1. The molecule has 2 N–H and O–H groups in total. The first-order chi connectivity index (χ1) is 7.83. The molecule has 0 bridgehead atoms. The Hall–Kier alpha value is -0.870. The molecule has 0 aromatic carbocycles. The molecular formula is C12H22N2O2. The Kier molecular flexibility index (Phi) is 6.85. The monoisotopic (exact) mass is 226 g/mol. The van der Waals surface area contributed by atoms with Crippen LogP contribution in [0.4, 0.5) is 0 Å². The summed E-state index contributed by atoms with van der Waals surface area (Å²) < 4.78 is 5.66. The number of nitrogens with one attached hydrogen (secondary N) is 2. The number of hydrogen-bond acceptors (Lipinski definition) is 3. The third kappa shape index (κ3) is 5.88. The molecule has 1 rings (SSSR count). The van der Waals surface area contributed by atoms with E-state index in [0.29, 0.717) is 25.7 Å². The van der Waals surface area contributed by atoms with E-state index >= 15 is 0 Å². The third-order valence-corrected chi connectivity index (χ3v) is 2.64. The predicted molar refractivity (Wildman–Crippen MR) is 64.3 cm³/mol. The maximum absolute atomic E-state index is 11.2. The average Bonchev–Trinajstić information content (AvgIpc) is 2.33. The van der Waals surface area contributed by atoms with Gasteiger partial charge in [-0.05, 0) is 32.4 Å². The van der Waals surface area contributed by atoms with E-state index in [4.69, 9.17) is 4.74 Å². The fourth-order valence-corrected chi connectivity index (χ4v) is 1.70. The van der Waals surface area contributed by atoms with Gasteiger partial charge in [0, 0.05) is 13.0 Å². The molecule has 92 valence electrons. The molecule has 1 amide bonds. The van der Waals surface area contributed by atoms with E-state index < -0.39 is 0 Å². The van der Waals surface area contributed by atoms with E-state index in [1.54, 1.807) is 6.08 Å². The van der Waals surface area contributed by atoms with Crippen molar-refractivity contribution in [2.75, 3.05) is 26.2 Å². The van der Waals surface area contributed by atoms with Gasteiger partial charge in [-0.3, -0.25) is 4.79 Å². The zero-order valence-corrected chi connectivity index (χ0v) is 9.84. The van der Waals surface area contributed by atoms with Crippen LogP contribution in [-0.2, 0) is 9.53 Å². The van der Waals surface area contributed by atoms with Crippen LogP contribution < -0.4 is 10.6 Å². The second-order valence-corrected chi connectivity index (χ2v) is 4.00. The maximum atomic E-state index is 11.2. The molecule has 0 atom stereocenters. The highest BCUT2D eigenvalue weighted by atomic mass is 16.5. The van der Waals surface area contributed by atoms with Crippen molar-refractivity contribution >= 4 is 5.91 Å². The third-order valence-electron chi connectivity index (χ3n) is 2.64. The van der Waals surface area contributed by atoms with Gasteiger partial charge in [0.25, 0.3) is 0 Å². The van der Waals surface area contributed by atoms with Crippen LogP contribution in [0.2, 0.25) is 0 Å². The second-order valence-electron chi connectivity index (χ2n) is 4.00. The van der Waals surface area contributed by atoms with Crippen molar-refractivity contribution in [3.05, 3.63) is 12.7 Å². The zero-order valence-electron chi connectivity index (χ0n) is 9.84. The summed E-state index contributed by atoms with van der Waals surface area (Å²) in [7, 11) is 0. The fraction of sp³-hybridized carbons (Fsp3) is 0.750. The molecule has 4 heteroatoms. The van der Waals surface area contributed by atoms with Crippen molar-refractivity contribution in [3.63, 3.8) is 0 Å². The van der Waals surface area contributed by atoms with Crippen molar-refractivity contribution in [1.82, 2.24) is 10.6 Å². The number of hydrogen-bond donors (Lipinski definition) is 2. The van der Waals surface area contributed by atoms with Crippen LogP contribution >= 0.6 is 0 Å². The molecule has 1 heterocycles. The van der Waals surface area contributed by atoms with Gasteiger partial charge in [0.2, 0.25) is 5.91 Å². The summed E-state index contributed by atoms with van der Waals surface area (Å²) in [6.07, 6.45) is 5.53. The van der Waals surface area contributed by atoms with Crippen molar-refractivity contribution < 1.29 is 9.53 Å². The Bertz CT molecular complexity index is 213. The standard InChI is InChI=1S/C12H22N2O2/c1-2-3-4-12(15)14-9-10-16-11-5-7-13-8-6-11/h2,11,13H,1,3-10H2,(H,14,15). The van der Waals surface area contributed by atoms with Crippen LogP contribution in [0.25, 0.3) is 0 Å². The second kappa shape index (κ2) is 8.30. The first kappa shape index (κ1) is 13.2. The normalized spacial score (nSPS) is 17.0. The summed E-state index contributed by atoms with van der Waals surface area (Å²) in [6, 6.07) is 0. The van der Waals surface area contributed by atoms with Crippen molar-refractivity contribution in [1.29, 1.82) is 0 Å². The van der Waals surface area contributed by atoms with Crippen LogP contribution in [0.15, 0.2) is 12.7 Å². The summed E-state index contributed by atoms with van der Waals surface area (Å²) in [4.78, 5) is 11.2. The fourth-order valence-electron chi connectivity index (χ4n) is 1.70. The lowest BCUT2D eigenvalue weighted by Gasteiger charge is -2.22. The smallest absolute Gasteiger partial charge is 0.220 e. The summed E-state index contributed by atoms with van der Waals surface area (Å²) in [5, 5.41) is 6.12. The Morgan fingerprint density at radius 2 is 2.25 bits per heavy atom. The van der Waals surface area contributed by atoms with E-state index in [1.165, 1.54) is 0 Å². The Morgan fingerprint density at radius 1 is 1.50 bits per heavy atom. The van der Waals surface area contributed by atoms with Crippen LogP contribution in [-0.4, -0.2) is 38.3 Å². The van der Waals surface area contributed by atoms with Gasteiger partial charge in [0.15, 0.2) is 0 Å². The quantitative estimate of drug-likeness (QED) is 0.499. The van der Waals surface area contributed by atoms with E-state index in [0.717, 1.165) is 32.4 Å². The van der Waals surface area contributed by atoms with Crippen LogP contribution in [0.5, 0.6) is 0 Å². The van der Waals surface area contributed by atoms with E-state index in [1.807, 2.05) is 0 Å². The first-order valence-corrected chi connectivity index (χ1v) is 6.03. The molecule has 1 fully saturated rings. The average molecular weight is 226 g/mol. The Balaban J connectivity index is 1.94. The lowest BCUT2D eigenvalue weighted by molar-refractivity contribution is -0.121. The minimum atomic E-state index is 0.0776. The largest absolute Gasteiger partial charge is 0.376 e. The van der Waals surface area contributed by atoms with Gasteiger partial charge in [-0.25, -0.2) is 0 Å². The summed E-state index contributed by atoms with van der Waals surface area (Å²) in [5.74, 6) is 0.0776. The highest BCUT2D eigenvalue weighted by Gasteiger charge is 2.12. The highest BCUT2D eigenvalue weighted by molar-refractivity contribution is 5.75. The van der Waals surface area contributed by atoms with E-state index in [2.05, 4.69) is 17.2 Å². The van der Waals surface area contributed by atoms with Gasteiger partial charge in [-0.15, -0.1) is 6.58 Å². The lowest BCUT2D eigenvalue weighted by Crippen LogP contribution is -2.34. The summed E-state index contributed by atoms with van der Waals surface area (Å²) in [6.45, 7) is 6.88. The van der Waals surface area contributed by atoms with Crippen LogP contribution in [0.1, 0.15) is 25.7 Å². The minimum Gasteiger partial charge on any atom is -0.376 e. The zero-order chi connectivity index (χ0) is 11.6. The molecule has 1 saturated heterocycles. The molecule has 4 nitrogen and oxygen atoms in total. The number of allylic oxidation sites excluding steroid dienone is 1. The van der Waals surface area contributed by atoms with Crippen molar-refractivity contribution in [3.8, 4) is 0 Å². The topological polar surface area (TPSA) is 50.4 Å². The van der Waals surface area contributed by atoms with E-state index in [9.17, 15) is 4.79 Å². The van der Waals surface area contributed by atoms with Gasteiger partial charge in [-0.1, -0.05) is 6.08 Å². The highest BCUT2D eigenvalue weighted by Crippen LogP contribution is 2.06. The molecule has 0 aromatic rings. The molecule has 0 spiro atoms. The molecule has 0 unspecified atom stereocenters. The van der Waals surface area contributed by atoms with Gasteiger partial charge in [0.05, 0.1) is 12.7 Å². The van der Waals surface area contributed by atoms with Crippen molar-refractivity contribution in [2.24, 2.45) is 0 Å². The summed E-state index contributed by atoms with van der Waals surface area (Å²) in [5.41, 5.74) is 0. The van der Waals surface area contributed by atoms with E-state index in [-0.39, 0.29) is 5.91 Å². The van der Waals surface area contributed by atoms with Gasteiger partial charge in [0.1, 0.15) is 0 Å². The van der Waals surface area contributed by atoms with Gasteiger partial charge in [-0.2, -0.15) is 0 Å². The van der Waals surface area contributed by atoms with Crippen LogP contribution in [0, 0.1) is 0 Å². The maximum Gasteiger partial charge on any atom is 0.220 e. The number of rotatable bonds is 7. The lowest BCUT2D eigenvalue weighted by atomic mass is 10.1. The molecule has 0 aliphatic carbocycles. The molecule has 1 aliphatic rings. The van der Waals surface area contributed by atoms with Gasteiger partial charge >= 0.3 is 0 Å². The number of ether oxygens (including phenoxy) is 1. The van der Waals surface area contributed by atoms with Crippen LogP contribution in [0.3, 0.4) is 0 Å². The molecule has 16 heavy (non-hydrogen) atoms. The summed E-state index contributed by atoms with van der Waals surface area (Å²) >= 11 is 0. The number of carbonyl (C=O) groups is 1. The molecule has 0 saturated carbocycles. The Labute approximate surface area is 97.4 Å². The molecule has 0 aromatic heterocycles. The molecule has 1 aliphatic heterocycles. The Morgan fingerprint density at radius 3 is 2.94 bits per heavy atom. The van der Waals surface area contributed by atoms with Gasteiger partial charge < -0.3 is 15.4 Å². The first-order valence-electron chi connectivity index (χ1n) is 6.03. The number of piperidine rings is 1. The molecular weight excluding hydrogens is 204 g/mol. The SMILES string of the molecule is C=CCCC(=O)NCCOC1CCNCC1. The van der Waals surface area contributed by atoms with Crippen molar-refractivity contribution in [2.45, 2.75) is 31.8 Å². The number of amides is 1. The molecule has 0 radical (unpaired) electrons. The predicted octanol–water partition coefficient (Wildman–Crippen LogP) is 0.837. The minimum absolute atomic E-state index is 0.0776.